The highest BCUT2D eigenvalue weighted by molar-refractivity contribution is 5.35. The molecule has 2 N–H and O–H groups in total. The summed E-state index contributed by atoms with van der Waals surface area (Å²) in [4.78, 5) is 0. The minimum Gasteiger partial charge on any atom is -0.326 e. The van der Waals surface area contributed by atoms with E-state index in [2.05, 4.69) is 15.5 Å². The van der Waals surface area contributed by atoms with Crippen molar-refractivity contribution in [2.24, 2.45) is 5.73 Å². The molecule has 0 atom stereocenters. The second kappa shape index (κ2) is 3.55. The summed E-state index contributed by atoms with van der Waals surface area (Å²) in [5.41, 5.74) is 7.56. The van der Waals surface area contributed by atoms with E-state index in [-0.39, 0.29) is 0 Å². The fourth-order valence-corrected chi connectivity index (χ4v) is 1.29. The fourth-order valence-electron chi connectivity index (χ4n) is 1.29. The van der Waals surface area contributed by atoms with Crippen LogP contribution in [-0.2, 0) is 6.54 Å². The van der Waals surface area contributed by atoms with Gasteiger partial charge in [0.2, 0.25) is 0 Å². The molecule has 14 heavy (non-hydrogen) atoms. The number of tetrazole rings is 1. The summed E-state index contributed by atoms with van der Waals surface area (Å²) in [7, 11) is 0. The van der Waals surface area contributed by atoms with Gasteiger partial charge in [0.15, 0.2) is 5.82 Å². The summed E-state index contributed by atoms with van der Waals surface area (Å²) in [6.07, 6.45) is 0. The van der Waals surface area contributed by atoms with Crippen LogP contribution in [-0.4, -0.2) is 20.2 Å². The summed E-state index contributed by atoms with van der Waals surface area (Å²) < 4.78 is 1.68. The van der Waals surface area contributed by atoms with Crippen LogP contribution in [0.1, 0.15) is 11.4 Å². The lowest BCUT2D eigenvalue weighted by Gasteiger charge is -2.03. The zero-order valence-electron chi connectivity index (χ0n) is 7.88. The first-order valence-electron chi connectivity index (χ1n) is 4.35. The molecule has 72 valence electrons. The smallest absolute Gasteiger partial charge is 0.153 e. The van der Waals surface area contributed by atoms with E-state index in [0.717, 1.165) is 17.1 Å². The predicted octanol–water partition coefficient (Wildman–Crippen LogP) is 0.429. The first-order valence-corrected chi connectivity index (χ1v) is 4.35. The minimum absolute atomic E-state index is 0.523. The van der Waals surface area contributed by atoms with Crippen molar-refractivity contribution in [2.45, 2.75) is 13.5 Å². The number of hydrogen-bond donors (Lipinski definition) is 1. The van der Waals surface area contributed by atoms with E-state index < -0.39 is 0 Å². The van der Waals surface area contributed by atoms with Crippen molar-refractivity contribution in [3.63, 3.8) is 0 Å². The maximum atomic E-state index is 5.55. The standard InChI is InChI=1S/C9H11N5/c1-7-11-12-13-14(7)9-4-2-3-8(5-9)6-10/h2-5H,6,10H2,1H3. The Labute approximate surface area is 81.5 Å². The summed E-state index contributed by atoms with van der Waals surface area (Å²) in [6.45, 7) is 2.38. The van der Waals surface area contributed by atoms with E-state index in [1.807, 2.05) is 31.2 Å². The van der Waals surface area contributed by atoms with Gasteiger partial charge >= 0.3 is 0 Å². The van der Waals surface area contributed by atoms with E-state index >= 15 is 0 Å². The fraction of sp³-hybridized carbons (Fsp3) is 0.222. The average molecular weight is 189 g/mol. The molecule has 0 saturated heterocycles. The van der Waals surface area contributed by atoms with Gasteiger partial charge in [-0.1, -0.05) is 12.1 Å². The largest absolute Gasteiger partial charge is 0.326 e. The first-order chi connectivity index (χ1) is 6.81. The van der Waals surface area contributed by atoms with E-state index in [4.69, 9.17) is 5.73 Å². The second-order valence-electron chi connectivity index (χ2n) is 3.01. The molecule has 2 rings (SSSR count). The van der Waals surface area contributed by atoms with Crippen LogP contribution < -0.4 is 5.73 Å². The lowest BCUT2D eigenvalue weighted by atomic mass is 10.2. The van der Waals surface area contributed by atoms with E-state index in [1.165, 1.54) is 0 Å². The quantitative estimate of drug-likeness (QED) is 0.743. The van der Waals surface area contributed by atoms with Crippen LogP contribution in [0.5, 0.6) is 0 Å². The number of hydrogen-bond acceptors (Lipinski definition) is 4. The highest BCUT2D eigenvalue weighted by Crippen LogP contribution is 2.09. The van der Waals surface area contributed by atoms with Crippen LogP contribution in [0.2, 0.25) is 0 Å². The topological polar surface area (TPSA) is 69.6 Å². The first kappa shape index (κ1) is 8.83. The number of rotatable bonds is 2. The third-order valence-electron chi connectivity index (χ3n) is 2.02. The van der Waals surface area contributed by atoms with Gasteiger partial charge in [-0.25, -0.2) is 0 Å². The molecule has 1 aromatic carbocycles. The number of nitrogens with two attached hydrogens (primary N) is 1. The molecule has 1 aromatic heterocycles. The molecule has 0 aliphatic rings. The third-order valence-corrected chi connectivity index (χ3v) is 2.02. The molecular formula is C9H11N5. The van der Waals surface area contributed by atoms with Gasteiger partial charge in [-0.15, -0.1) is 5.10 Å². The van der Waals surface area contributed by atoms with Crippen LogP contribution in [0.25, 0.3) is 5.69 Å². The van der Waals surface area contributed by atoms with Crippen LogP contribution in [0.4, 0.5) is 0 Å². The van der Waals surface area contributed by atoms with Crippen molar-refractivity contribution in [1.29, 1.82) is 0 Å². The predicted molar refractivity (Wildman–Crippen MR) is 51.8 cm³/mol. The summed E-state index contributed by atoms with van der Waals surface area (Å²) in [6, 6.07) is 7.84. The Hall–Kier alpha value is -1.75. The van der Waals surface area contributed by atoms with Crippen molar-refractivity contribution in [2.75, 3.05) is 0 Å². The molecule has 0 aliphatic heterocycles. The Balaban J connectivity index is 2.47. The normalized spacial score (nSPS) is 10.4. The summed E-state index contributed by atoms with van der Waals surface area (Å²) in [5, 5.41) is 11.3. The number of aromatic nitrogens is 4. The molecule has 0 fully saturated rings. The Kier molecular flexibility index (Phi) is 2.24. The molecule has 0 radical (unpaired) electrons. The number of nitrogens with zero attached hydrogens (tertiary/aromatic N) is 4. The Bertz CT molecular complexity index is 434. The Morgan fingerprint density at radius 2 is 2.29 bits per heavy atom. The second-order valence-corrected chi connectivity index (χ2v) is 3.01. The molecule has 5 heteroatoms. The van der Waals surface area contributed by atoms with Crippen LogP contribution in [0, 0.1) is 6.92 Å². The molecular weight excluding hydrogens is 178 g/mol. The van der Waals surface area contributed by atoms with Gasteiger partial charge in [-0.3, -0.25) is 0 Å². The molecule has 0 unspecified atom stereocenters. The average Bonchev–Trinajstić information content (AvgIpc) is 2.65. The summed E-state index contributed by atoms with van der Waals surface area (Å²) >= 11 is 0. The zero-order chi connectivity index (χ0) is 9.97. The molecule has 1 heterocycles. The van der Waals surface area contributed by atoms with Gasteiger partial charge in [0, 0.05) is 6.54 Å². The lowest BCUT2D eigenvalue weighted by Crippen LogP contribution is -2.02. The Morgan fingerprint density at radius 1 is 1.43 bits per heavy atom. The van der Waals surface area contributed by atoms with Crippen LogP contribution in [0.3, 0.4) is 0 Å². The van der Waals surface area contributed by atoms with E-state index in [0.29, 0.717) is 6.54 Å². The van der Waals surface area contributed by atoms with Gasteiger partial charge < -0.3 is 5.73 Å². The Morgan fingerprint density at radius 3 is 2.93 bits per heavy atom. The molecule has 2 aromatic rings. The third kappa shape index (κ3) is 1.49. The molecule has 0 aliphatic carbocycles. The SMILES string of the molecule is Cc1nnnn1-c1cccc(CN)c1. The van der Waals surface area contributed by atoms with Crippen molar-refractivity contribution in [1.82, 2.24) is 20.2 Å². The molecule has 0 amide bonds. The maximum Gasteiger partial charge on any atom is 0.153 e. The van der Waals surface area contributed by atoms with Crippen LogP contribution in [0.15, 0.2) is 24.3 Å². The van der Waals surface area contributed by atoms with E-state index in [9.17, 15) is 0 Å². The van der Waals surface area contributed by atoms with Crippen molar-refractivity contribution in [3.8, 4) is 5.69 Å². The molecule has 0 spiro atoms. The molecule has 0 saturated carbocycles. The molecule has 5 nitrogen and oxygen atoms in total. The van der Waals surface area contributed by atoms with Gasteiger partial charge in [0.1, 0.15) is 0 Å². The van der Waals surface area contributed by atoms with Crippen molar-refractivity contribution in [3.05, 3.63) is 35.7 Å². The monoisotopic (exact) mass is 189 g/mol. The van der Waals surface area contributed by atoms with Gasteiger partial charge in [-0.2, -0.15) is 4.68 Å². The van der Waals surface area contributed by atoms with E-state index in [1.54, 1.807) is 4.68 Å². The zero-order valence-corrected chi connectivity index (χ0v) is 7.88. The lowest BCUT2D eigenvalue weighted by molar-refractivity contribution is 0.778. The van der Waals surface area contributed by atoms with Crippen LogP contribution >= 0.6 is 0 Å². The van der Waals surface area contributed by atoms with Gasteiger partial charge in [0.25, 0.3) is 0 Å². The van der Waals surface area contributed by atoms with Crippen molar-refractivity contribution < 1.29 is 0 Å². The summed E-state index contributed by atoms with van der Waals surface area (Å²) in [5.74, 6) is 0.763. The maximum absolute atomic E-state index is 5.55. The molecule has 0 bridgehead atoms. The number of aryl methyl sites for hydroxylation is 1. The highest BCUT2D eigenvalue weighted by Gasteiger charge is 2.02. The number of benzene rings is 1. The highest BCUT2D eigenvalue weighted by atomic mass is 15.5. The minimum atomic E-state index is 0.523. The van der Waals surface area contributed by atoms with Crippen molar-refractivity contribution >= 4 is 0 Å². The van der Waals surface area contributed by atoms with Gasteiger partial charge in [0.05, 0.1) is 5.69 Å². The van der Waals surface area contributed by atoms with Gasteiger partial charge in [-0.05, 0) is 35.0 Å².